The molecule has 1 aromatic rings. The van der Waals surface area contributed by atoms with E-state index in [2.05, 4.69) is 12.2 Å². The van der Waals surface area contributed by atoms with Gasteiger partial charge in [0.2, 0.25) is 0 Å². The van der Waals surface area contributed by atoms with E-state index < -0.39 is 5.60 Å². The van der Waals surface area contributed by atoms with Gasteiger partial charge in [-0.05, 0) is 50.3 Å². The lowest BCUT2D eigenvalue weighted by atomic mass is 9.90. The average Bonchev–Trinajstić information content (AvgIpc) is 3.40. The van der Waals surface area contributed by atoms with E-state index in [4.69, 9.17) is 4.74 Å². The highest BCUT2D eigenvalue weighted by Gasteiger charge is 2.46. The molecule has 1 aliphatic carbocycles. The van der Waals surface area contributed by atoms with Crippen molar-refractivity contribution >= 4 is 5.91 Å². The number of amides is 1. The Balaban J connectivity index is 1.69. The van der Waals surface area contributed by atoms with Gasteiger partial charge < -0.3 is 20.1 Å². The lowest BCUT2D eigenvalue weighted by Crippen LogP contribution is -2.59. The quantitative estimate of drug-likeness (QED) is 0.792. The third kappa shape index (κ3) is 3.80. The second-order valence-electron chi connectivity index (χ2n) is 7.31. The molecule has 1 amide bonds. The Morgan fingerprint density at radius 2 is 2.12 bits per heavy atom. The van der Waals surface area contributed by atoms with Crippen LogP contribution >= 0.6 is 0 Å². The van der Waals surface area contributed by atoms with Gasteiger partial charge >= 0.3 is 0 Å². The zero-order valence-corrected chi connectivity index (χ0v) is 15.0. The fourth-order valence-corrected chi connectivity index (χ4v) is 3.52. The highest BCUT2D eigenvalue weighted by molar-refractivity contribution is 5.86. The van der Waals surface area contributed by atoms with Crippen LogP contribution in [0.4, 0.5) is 4.39 Å². The minimum atomic E-state index is -1.40. The second-order valence-corrected chi connectivity index (χ2v) is 7.31. The Morgan fingerprint density at radius 3 is 2.76 bits per heavy atom. The van der Waals surface area contributed by atoms with Gasteiger partial charge in [-0.3, -0.25) is 4.79 Å². The lowest BCUT2D eigenvalue weighted by Gasteiger charge is -2.39. The smallest absolute Gasteiger partial charge is 0.256 e. The zero-order chi connectivity index (χ0) is 18.1. The molecule has 0 unspecified atom stereocenters. The number of rotatable bonds is 7. The predicted molar refractivity (Wildman–Crippen MR) is 92.8 cm³/mol. The fraction of sp³-hybridized carbons (Fsp3) is 0.632. The number of hydrogen-bond donors (Lipinski definition) is 2. The van der Waals surface area contributed by atoms with E-state index in [0.717, 1.165) is 19.3 Å². The number of hydrogen-bond acceptors (Lipinski definition) is 4. The van der Waals surface area contributed by atoms with Crippen molar-refractivity contribution in [3.05, 3.63) is 29.6 Å². The molecule has 0 bridgehead atoms. The van der Waals surface area contributed by atoms with E-state index in [-0.39, 0.29) is 30.4 Å². The average molecular weight is 350 g/mol. The van der Waals surface area contributed by atoms with E-state index in [9.17, 15) is 14.3 Å². The van der Waals surface area contributed by atoms with Gasteiger partial charge in [-0.15, -0.1) is 0 Å². The van der Waals surface area contributed by atoms with Crippen molar-refractivity contribution in [2.75, 3.05) is 20.2 Å². The maximum atomic E-state index is 14.1. The highest BCUT2D eigenvalue weighted by atomic mass is 19.1. The lowest BCUT2D eigenvalue weighted by molar-refractivity contribution is -0.157. The highest BCUT2D eigenvalue weighted by Crippen LogP contribution is 2.39. The standard InChI is InChI=1S/C19H27FN2O3/c1-3-18(8-9-18)21-13-19(24)7-4-10-22(17(19)23)12-14-11-15(25-2)5-6-16(14)20/h5-6,11,21,24H,3-4,7-10,12-13H2,1-2H3/t19-/m0/s1. The molecule has 1 saturated carbocycles. The van der Waals surface area contributed by atoms with Crippen LogP contribution in [0.3, 0.4) is 0 Å². The minimum Gasteiger partial charge on any atom is -0.497 e. The Bertz CT molecular complexity index is 648. The van der Waals surface area contributed by atoms with E-state index in [1.54, 1.807) is 17.0 Å². The van der Waals surface area contributed by atoms with Gasteiger partial charge in [0.15, 0.2) is 5.60 Å². The predicted octanol–water partition coefficient (Wildman–Crippen LogP) is 2.22. The topological polar surface area (TPSA) is 61.8 Å². The summed E-state index contributed by atoms with van der Waals surface area (Å²) in [6.45, 7) is 3.04. The summed E-state index contributed by atoms with van der Waals surface area (Å²) in [7, 11) is 1.52. The Labute approximate surface area is 148 Å². The molecule has 2 N–H and O–H groups in total. The number of carbonyl (C=O) groups excluding carboxylic acids is 1. The number of nitrogens with one attached hydrogen (secondary N) is 1. The van der Waals surface area contributed by atoms with Crippen LogP contribution in [0.15, 0.2) is 18.2 Å². The molecule has 5 nitrogen and oxygen atoms in total. The largest absolute Gasteiger partial charge is 0.497 e. The number of benzene rings is 1. The number of likely N-dealkylation sites (tertiary alicyclic amines) is 1. The molecule has 1 heterocycles. The van der Waals surface area contributed by atoms with Crippen molar-refractivity contribution in [1.29, 1.82) is 0 Å². The summed E-state index contributed by atoms with van der Waals surface area (Å²) < 4.78 is 19.2. The summed E-state index contributed by atoms with van der Waals surface area (Å²) in [5.41, 5.74) is -0.910. The van der Waals surface area contributed by atoms with Gasteiger partial charge in [-0.2, -0.15) is 0 Å². The number of nitrogens with zero attached hydrogens (tertiary/aromatic N) is 1. The van der Waals surface area contributed by atoms with Gasteiger partial charge in [0.25, 0.3) is 5.91 Å². The molecule has 2 aliphatic rings. The van der Waals surface area contributed by atoms with Gasteiger partial charge in [0, 0.05) is 30.7 Å². The van der Waals surface area contributed by atoms with Crippen LogP contribution in [0.1, 0.15) is 44.6 Å². The number of methoxy groups -OCH3 is 1. The first-order valence-electron chi connectivity index (χ1n) is 9.01. The maximum Gasteiger partial charge on any atom is 0.256 e. The summed E-state index contributed by atoms with van der Waals surface area (Å²) in [4.78, 5) is 14.4. The molecule has 2 fully saturated rings. The summed E-state index contributed by atoms with van der Waals surface area (Å²) in [6.07, 6.45) is 4.32. The third-order valence-corrected chi connectivity index (χ3v) is 5.60. The number of ether oxygens (including phenoxy) is 1. The number of carbonyl (C=O) groups is 1. The van der Waals surface area contributed by atoms with Crippen LogP contribution in [0.2, 0.25) is 0 Å². The Hall–Kier alpha value is -1.66. The van der Waals surface area contributed by atoms with Crippen LogP contribution < -0.4 is 10.1 Å². The molecule has 0 radical (unpaired) electrons. The van der Waals surface area contributed by atoms with Crippen molar-refractivity contribution in [3.8, 4) is 5.75 Å². The van der Waals surface area contributed by atoms with E-state index in [0.29, 0.717) is 30.7 Å². The van der Waals surface area contributed by atoms with Crippen LogP contribution in [0.5, 0.6) is 5.75 Å². The SMILES string of the molecule is CCC1(NC[C@@]2(O)CCCN(Cc3cc(OC)ccc3F)C2=O)CC1. The first-order valence-corrected chi connectivity index (χ1v) is 9.01. The van der Waals surface area contributed by atoms with Crippen LogP contribution in [0, 0.1) is 5.82 Å². The molecule has 138 valence electrons. The number of β-amino-alcohol motifs (C(OH)–C–C–N with tert-alkyl or cyclic N) is 1. The van der Waals surface area contributed by atoms with Crippen molar-refractivity contribution < 1.29 is 19.0 Å². The molecule has 25 heavy (non-hydrogen) atoms. The molecule has 0 aromatic heterocycles. The van der Waals surface area contributed by atoms with Crippen LogP contribution in [0.25, 0.3) is 0 Å². The normalized spacial score (nSPS) is 25.1. The Morgan fingerprint density at radius 1 is 1.36 bits per heavy atom. The van der Waals surface area contributed by atoms with Gasteiger partial charge in [-0.25, -0.2) is 4.39 Å². The summed E-state index contributed by atoms with van der Waals surface area (Å²) in [5.74, 6) is -0.138. The van der Waals surface area contributed by atoms with E-state index in [1.807, 2.05) is 0 Å². The number of aliphatic hydroxyl groups is 1. The second kappa shape index (κ2) is 6.92. The third-order valence-electron chi connectivity index (χ3n) is 5.60. The molecular formula is C19H27FN2O3. The summed E-state index contributed by atoms with van der Waals surface area (Å²) in [6, 6.07) is 4.50. The van der Waals surface area contributed by atoms with E-state index in [1.165, 1.54) is 13.2 Å². The first kappa shape index (κ1) is 18.1. The van der Waals surface area contributed by atoms with Crippen molar-refractivity contribution in [2.24, 2.45) is 0 Å². The van der Waals surface area contributed by atoms with E-state index >= 15 is 0 Å². The van der Waals surface area contributed by atoms with Crippen molar-refractivity contribution in [3.63, 3.8) is 0 Å². The molecule has 6 heteroatoms. The fourth-order valence-electron chi connectivity index (χ4n) is 3.52. The van der Waals surface area contributed by atoms with Gasteiger partial charge in [-0.1, -0.05) is 6.92 Å². The Kier molecular flexibility index (Phi) is 5.02. The number of halogens is 1. The summed E-state index contributed by atoms with van der Waals surface area (Å²) >= 11 is 0. The van der Waals surface area contributed by atoms with Crippen LogP contribution in [-0.2, 0) is 11.3 Å². The molecule has 1 atom stereocenters. The van der Waals surface area contributed by atoms with Gasteiger partial charge in [0.05, 0.1) is 7.11 Å². The molecule has 3 rings (SSSR count). The summed E-state index contributed by atoms with van der Waals surface area (Å²) in [5, 5.41) is 14.3. The van der Waals surface area contributed by atoms with Crippen LogP contribution in [-0.4, -0.2) is 47.3 Å². The molecule has 0 spiro atoms. The van der Waals surface area contributed by atoms with Crippen molar-refractivity contribution in [1.82, 2.24) is 10.2 Å². The minimum absolute atomic E-state index is 0.0944. The monoisotopic (exact) mass is 350 g/mol. The first-order chi connectivity index (χ1) is 11.9. The maximum absolute atomic E-state index is 14.1. The number of piperidine rings is 1. The zero-order valence-electron chi connectivity index (χ0n) is 15.0. The molecule has 1 saturated heterocycles. The molecular weight excluding hydrogens is 323 g/mol. The van der Waals surface area contributed by atoms with Crippen molar-refractivity contribution in [2.45, 2.75) is 56.7 Å². The molecule has 1 aliphatic heterocycles. The van der Waals surface area contributed by atoms with Gasteiger partial charge in [0.1, 0.15) is 11.6 Å². The molecule has 1 aromatic carbocycles.